The van der Waals surface area contributed by atoms with Gasteiger partial charge in [-0.3, -0.25) is 0 Å². The van der Waals surface area contributed by atoms with E-state index in [1.54, 1.807) is 11.9 Å². The van der Waals surface area contributed by atoms with Crippen molar-refractivity contribution in [1.29, 1.82) is 0 Å². The highest BCUT2D eigenvalue weighted by molar-refractivity contribution is 5.70. The number of ether oxygens (including phenoxy) is 1. The van der Waals surface area contributed by atoms with Crippen molar-refractivity contribution in [2.24, 2.45) is 0 Å². The quantitative estimate of drug-likeness (QED) is 0.918. The fraction of sp³-hybridized carbons (Fsp3) is 0.562. The van der Waals surface area contributed by atoms with Crippen molar-refractivity contribution in [1.82, 2.24) is 10.2 Å². The normalized spacial score (nSPS) is 17.1. The summed E-state index contributed by atoms with van der Waals surface area (Å²) in [7, 11) is 1.73. The van der Waals surface area contributed by atoms with Crippen molar-refractivity contribution in [2.75, 3.05) is 13.6 Å². The summed E-state index contributed by atoms with van der Waals surface area (Å²) in [6.07, 6.45) is 1.89. The van der Waals surface area contributed by atoms with Crippen LogP contribution in [0.1, 0.15) is 44.4 Å². The molecule has 0 saturated carbocycles. The van der Waals surface area contributed by atoms with Crippen LogP contribution in [0.2, 0.25) is 0 Å². The van der Waals surface area contributed by atoms with Gasteiger partial charge in [-0.05, 0) is 43.0 Å². The lowest BCUT2D eigenvalue weighted by Crippen LogP contribution is -2.29. The number of carbonyl (C=O) groups excluding carboxylic acids is 1. The van der Waals surface area contributed by atoms with E-state index in [2.05, 4.69) is 25.2 Å². The Morgan fingerprint density at radius 2 is 2.25 bits per heavy atom. The molecule has 2 rings (SSSR count). The first-order valence-corrected chi connectivity index (χ1v) is 7.33. The molecule has 1 aromatic carbocycles. The summed E-state index contributed by atoms with van der Waals surface area (Å²) < 4.78 is 5.40. The van der Waals surface area contributed by atoms with E-state index in [0.717, 1.165) is 12.8 Å². The van der Waals surface area contributed by atoms with E-state index in [1.807, 2.05) is 19.1 Å². The molecule has 0 fully saturated rings. The zero-order valence-electron chi connectivity index (χ0n) is 12.8. The van der Waals surface area contributed by atoms with Crippen LogP contribution < -0.4 is 10.1 Å². The molecule has 1 aliphatic carbocycles. The van der Waals surface area contributed by atoms with E-state index >= 15 is 0 Å². The molecular weight excluding hydrogens is 252 g/mol. The molecule has 1 amide bonds. The molecule has 1 aromatic rings. The van der Waals surface area contributed by atoms with Crippen LogP contribution in [0.5, 0.6) is 5.75 Å². The third-order valence-corrected chi connectivity index (χ3v) is 3.72. The first-order chi connectivity index (χ1) is 9.51. The lowest BCUT2D eigenvalue weighted by Gasteiger charge is -2.18. The zero-order valence-corrected chi connectivity index (χ0v) is 12.8. The predicted molar refractivity (Wildman–Crippen MR) is 80.1 cm³/mol. The van der Waals surface area contributed by atoms with Crippen molar-refractivity contribution in [3.05, 3.63) is 29.3 Å². The van der Waals surface area contributed by atoms with E-state index < -0.39 is 0 Å². The Hall–Kier alpha value is -1.55. The van der Waals surface area contributed by atoms with Crippen LogP contribution in [0.4, 0.5) is 4.79 Å². The molecule has 0 aromatic heterocycles. The van der Waals surface area contributed by atoms with Gasteiger partial charge in [-0.2, -0.15) is 0 Å². The zero-order chi connectivity index (χ0) is 14.7. The van der Waals surface area contributed by atoms with Crippen molar-refractivity contribution < 1.29 is 9.53 Å². The molecule has 4 heteroatoms. The van der Waals surface area contributed by atoms with Gasteiger partial charge in [0.1, 0.15) is 5.75 Å². The average molecular weight is 276 g/mol. The highest BCUT2D eigenvalue weighted by Gasteiger charge is 2.23. The number of carbonyl (C=O) groups is 1. The van der Waals surface area contributed by atoms with Gasteiger partial charge in [0.05, 0.1) is 0 Å². The van der Waals surface area contributed by atoms with Gasteiger partial charge < -0.3 is 15.0 Å². The third-order valence-electron chi connectivity index (χ3n) is 3.72. The standard InChI is InChI=1S/C16H24N2O2/c1-5-18(4)16(19)20-13-8-6-12-7-9-15(14(12)10-13)17-11(2)3/h6,8,10-11,15,17H,5,7,9H2,1-4H3/t15-/m1/s1. The maximum Gasteiger partial charge on any atom is 0.414 e. The number of nitrogens with one attached hydrogen (secondary N) is 1. The Balaban J connectivity index is 2.12. The van der Waals surface area contributed by atoms with Gasteiger partial charge in [0, 0.05) is 25.7 Å². The van der Waals surface area contributed by atoms with Gasteiger partial charge >= 0.3 is 6.09 Å². The van der Waals surface area contributed by atoms with Gasteiger partial charge in [-0.1, -0.05) is 19.9 Å². The maximum atomic E-state index is 11.8. The summed E-state index contributed by atoms with van der Waals surface area (Å²) >= 11 is 0. The lowest BCUT2D eigenvalue weighted by atomic mass is 10.1. The highest BCUT2D eigenvalue weighted by atomic mass is 16.6. The first kappa shape index (κ1) is 14.9. The van der Waals surface area contributed by atoms with Crippen molar-refractivity contribution in [2.45, 2.75) is 45.7 Å². The monoisotopic (exact) mass is 276 g/mol. The first-order valence-electron chi connectivity index (χ1n) is 7.33. The second-order valence-electron chi connectivity index (χ2n) is 5.66. The third kappa shape index (κ3) is 3.31. The second kappa shape index (κ2) is 6.27. The highest BCUT2D eigenvalue weighted by Crippen LogP contribution is 2.34. The summed E-state index contributed by atoms with van der Waals surface area (Å²) in [5.41, 5.74) is 2.62. The van der Waals surface area contributed by atoms with Gasteiger partial charge in [-0.25, -0.2) is 4.79 Å². The van der Waals surface area contributed by atoms with Gasteiger partial charge in [-0.15, -0.1) is 0 Å². The van der Waals surface area contributed by atoms with Crippen LogP contribution in [0.3, 0.4) is 0 Å². The number of aryl methyl sites for hydroxylation is 1. The molecule has 0 saturated heterocycles. The number of hydrogen-bond donors (Lipinski definition) is 1. The Morgan fingerprint density at radius 3 is 2.90 bits per heavy atom. The fourth-order valence-electron chi connectivity index (χ4n) is 2.53. The number of nitrogens with zero attached hydrogens (tertiary/aromatic N) is 1. The Labute approximate surface area is 121 Å². The molecule has 1 aliphatic rings. The second-order valence-corrected chi connectivity index (χ2v) is 5.66. The Kier molecular flexibility index (Phi) is 4.65. The summed E-state index contributed by atoms with van der Waals surface area (Å²) in [5.74, 6) is 0.631. The van der Waals surface area contributed by atoms with Gasteiger partial charge in [0.25, 0.3) is 0 Å². The molecule has 0 bridgehead atoms. The van der Waals surface area contributed by atoms with Gasteiger partial charge in [0.15, 0.2) is 0 Å². The number of fused-ring (bicyclic) bond motifs is 1. The minimum atomic E-state index is -0.307. The minimum Gasteiger partial charge on any atom is -0.410 e. The number of rotatable bonds is 4. The molecule has 0 heterocycles. The van der Waals surface area contributed by atoms with Crippen LogP contribution in [-0.4, -0.2) is 30.6 Å². The molecule has 0 spiro atoms. The van der Waals surface area contributed by atoms with E-state index in [0.29, 0.717) is 24.4 Å². The van der Waals surface area contributed by atoms with Gasteiger partial charge in [0.2, 0.25) is 0 Å². The molecule has 0 aliphatic heterocycles. The lowest BCUT2D eigenvalue weighted by molar-refractivity contribution is 0.165. The van der Waals surface area contributed by atoms with E-state index in [9.17, 15) is 4.79 Å². The summed E-state index contributed by atoms with van der Waals surface area (Å²) in [5, 5.41) is 3.56. The van der Waals surface area contributed by atoms with Crippen molar-refractivity contribution in [3.8, 4) is 5.75 Å². The van der Waals surface area contributed by atoms with Crippen molar-refractivity contribution in [3.63, 3.8) is 0 Å². The average Bonchev–Trinajstić information content (AvgIpc) is 2.80. The smallest absolute Gasteiger partial charge is 0.410 e. The number of benzene rings is 1. The fourth-order valence-corrected chi connectivity index (χ4v) is 2.53. The van der Waals surface area contributed by atoms with Crippen LogP contribution in [0, 0.1) is 0 Å². The van der Waals surface area contributed by atoms with Crippen LogP contribution in [0.25, 0.3) is 0 Å². The number of amides is 1. The molecule has 110 valence electrons. The Morgan fingerprint density at radius 1 is 1.50 bits per heavy atom. The van der Waals surface area contributed by atoms with Crippen LogP contribution in [0.15, 0.2) is 18.2 Å². The maximum absolute atomic E-state index is 11.8. The summed E-state index contributed by atoms with van der Waals surface area (Å²) in [4.78, 5) is 13.3. The van der Waals surface area contributed by atoms with Crippen LogP contribution in [-0.2, 0) is 6.42 Å². The predicted octanol–water partition coefficient (Wildman–Crippen LogP) is 3.12. The largest absolute Gasteiger partial charge is 0.414 e. The molecule has 0 radical (unpaired) electrons. The van der Waals surface area contributed by atoms with Crippen LogP contribution >= 0.6 is 0 Å². The minimum absolute atomic E-state index is 0.307. The van der Waals surface area contributed by atoms with E-state index in [1.165, 1.54) is 11.1 Å². The molecule has 20 heavy (non-hydrogen) atoms. The Bertz CT molecular complexity index is 485. The van der Waals surface area contributed by atoms with E-state index in [-0.39, 0.29) is 6.09 Å². The van der Waals surface area contributed by atoms with Crippen molar-refractivity contribution >= 4 is 6.09 Å². The summed E-state index contributed by atoms with van der Waals surface area (Å²) in [6.45, 7) is 6.87. The SMILES string of the molecule is CCN(C)C(=O)Oc1ccc2c(c1)[C@H](NC(C)C)CC2. The molecular formula is C16H24N2O2. The number of hydrogen-bond acceptors (Lipinski definition) is 3. The molecule has 1 atom stereocenters. The summed E-state index contributed by atoms with van der Waals surface area (Å²) in [6, 6.07) is 6.78. The molecule has 0 unspecified atom stereocenters. The van der Waals surface area contributed by atoms with E-state index in [4.69, 9.17) is 4.74 Å². The topological polar surface area (TPSA) is 41.6 Å². The molecule has 4 nitrogen and oxygen atoms in total. The molecule has 1 N–H and O–H groups in total.